The second-order valence-electron chi connectivity index (χ2n) is 9.46. The molecule has 0 saturated heterocycles. The molecule has 39 heavy (non-hydrogen) atoms. The number of carbonyl (C=O) groups excluding carboxylic acids is 3. The van der Waals surface area contributed by atoms with E-state index >= 15 is 0 Å². The van der Waals surface area contributed by atoms with Crippen molar-refractivity contribution >= 4 is 35.6 Å². The fourth-order valence-corrected chi connectivity index (χ4v) is 3.68. The first-order chi connectivity index (χ1) is 18.5. The topological polar surface area (TPSA) is 144 Å². The lowest BCUT2D eigenvalue weighted by atomic mass is 10.1. The third kappa shape index (κ3) is 9.53. The molecule has 208 valence electrons. The Hall–Kier alpha value is -4.25. The third-order valence-electron chi connectivity index (χ3n) is 5.22. The van der Waals surface area contributed by atoms with Gasteiger partial charge in [-0.25, -0.2) is 19.4 Å². The van der Waals surface area contributed by atoms with Crippen molar-refractivity contribution in [2.75, 3.05) is 19.0 Å². The zero-order chi connectivity index (χ0) is 28.4. The highest BCUT2D eigenvalue weighted by Crippen LogP contribution is 2.29. The van der Waals surface area contributed by atoms with Crippen LogP contribution in [-0.2, 0) is 20.8 Å². The van der Waals surface area contributed by atoms with Gasteiger partial charge in [-0.2, -0.15) is 0 Å². The Kier molecular flexibility index (Phi) is 10.2. The molecule has 12 heteroatoms. The standard InChI is InChI=1S/C27H32ClN5O6/c1-27(2,3)39-24(34)29-15-14-20(31-26(36)38-16-17-8-6-5-7-9-17)23-32-21(22(28)33-23)18-10-12-19(13-11-18)30-25(35)37-4/h5-13,20H,14-16H2,1-4H3,(H,29,34)(H,30,35)(H,31,36)(H,32,33)/t20-/m0/s1. The lowest BCUT2D eigenvalue weighted by molar-refractivity contribution is 0.0525. The van der Waals surface area contributed by atoms with Crippen LogP contribution in [0.2, 0.25) is 5.15 Å². The van der Waals surface area contributed by atoms with Gasteiger partial charge in [0.25, 0.3) is 0 Å². The predicted octanol–water partition coefficient (Wildman–Crippen LogP) is 5.79. The number of rotatable bonds is 9. The van der Waals surface area contributed by atoms with Gasteiger partial charge in [-0.3, -0.25) is 5.32 Å². The molecule has 1 atom stereocenters. The Balaban J connectivity index is 1.73. The van der Waals surface area contributed by atoms with E-state index < -0.39 is 29.9 Å². The number of methoxy groups -OCH3 is 1. The van der Waals surface area contributed by atoms with E-state index in [1.807, 2.05) is 30.3 Å². The second-order valence-corrected chi connectivity index (χ2v) is 9.82. The summed E-state index contributed by atoms with van der Waals surface area (Å²) in [5.41, 5.74) is 1.95. The van der Waals surface area contributed by atoms with Crippen molar-refractivity contribution in [3.8, 4) is 11.3 Å². The summed E-state index contributed by atoms with van der Waals surface area (Å²) < 4.78 is 15.2. The van der Waals surface area contributed by atoms with Gasteiger partial charge in [-0.1, -0.05) is 54.1 Å². The highest BCUT2D eigenvalue weighted by atomic mass is 35.5. The van der Waals surface area contributed by atoms with Crippen molar-refractivity contribution in [3.63, 3.8) is 0 Å². The largest absolute Gasteiger partial charge is 0.453 e. The molecule has 0 aliphatic heterocycles. The van der Waals surface area contributed by atoms with Gasteiger partial charge in [-0.15, -0.1) is 0 Å². The number of amides is 3. The molecular weight excluding hydrogens is 526 g/mol. The van der Waals surface area contributed by atoms with Gasteiger partial charge in [0.2, 0.25) is 0 Å². The molecule has 3 aromatic rings. The maximum atomic E-state index is 12.6. The van der Waals surface area contributed by atoms with Crippen LogP contribution in [0.3, 0.4) is 0 Å². The van der Waals surface area contributed by atoms with Crippen molar-refractivity contribution in [1.82, 2.24) is 20.6 Å². The van der Waals surface area contributed by atoms with Crippen molar-refractivity contribution in [3.05, 3.63) is 71.1 Å². The minimum atomic E-state index is -0.672. The Morgan fingerprint density at radius 3 is 2.33 bits per heavy atom. The van der Waals surface area contributed by atoms with Gasteiger partial charge >= 0.3 is 18.3 Å². The molecule has 0 aliphatic carbocycles. The van der Waals surface area contributed by atoms with E-state index in [1.54, 1.807) is 45.0 Å². The fourth-order valence-electron chi connectivity index (χ4n) is 3.43. The molecule has 0 radical (unpaired) electrons. The number of hydrogen-bond donors (Lipinski definition) is 4. The Labute approximate surface area is 231 Å². The number of nitrogens with zero attached hydrogens (tertiary/aromatic N) is 1. The third-order valence-corrected chi connectivity index (χ3v) is 5.49. The summed E-state index contributed by atoms with van der Waals surface area (Å²) in [4.78, 5) is 43.7. The summed E-state index contributed by atoms with van der Waals surface area (Å²) >= 11 is 6.44. The molecule has 0 unspecified atom stereocenters. The van der Waals surface area contributed by atoms with Crippen molar-refractivity contribution in [1.29, 1.82) is 0 Å². The number of aromatic amines is 1. The van der Waals surface area contributed by atoms with Gasteiger partial charge in [0.15, 0.2) is 5.15 Å². The van der Waals surface area contributed by atoms with E-state index in [-0.39, 0.29) is 24.7 Å². The number of nitrogens with one attached hydrogen (secondary N) is 4. The molecule has 0 aliphatic rings. The number of carbonyl (C=O) groups is 3. The van der Waals surface area contributed by atoms with Gasteiger partial charge in [0, 0.05) is 17.8 Å². The van der Waals surface area contributed by atoms with E-state index in [9.17, 15) is 14.4 Å². The Morgan fingerprint density at radius 1 is 1.00 bits per heavy atom. The van der Waals surface area contributed by atoms with Crippen LogP contribution in [0.4, 0.5) is 20.1 Å². The molecule has 1 aromatic heterocycles. The number of halogens is 1. The zero-order valence-corrected chi connectivity index (χ0v) is 22.9. The van der Waals surface area contributed by atoms with Gasteiger partial charge in [0.05, 0.1) is 18.8 Å². The van der Waals surface area contributed by atoms with Crippen LogP contribution in [-0.4, -0.2) is 47.5 Å². The number of aromatic nitrogens is 2. The number of ether oxygens (including phenoxy) is 3. The van der Waals surface area contributed by atoms with Crippen molar-refractivity contribution in [2.45, 2.75) is 45.4 Å². The first kappa shape index (κ1) is 29.3. The number of anilines is 1. The van der Waals surface area contributed by atoms with E-state index in [4.69, 9.17) is 21.1 Å². The zero-order valence-electron chi connectivity index (χ0n) is 22.2. The second kappa shape index (κ2) is 13.5. The first-order valence-corrected chi connectivity index (χ1v) is 12.6. The van der Waals surface area contributed by atoms with Crippen LogP contribution >= 0.6 is 11.6 Å². The molecule has 3 rings (SSSR count). The minimum absolute atomic E-state index is 0.0890. The smallest absolute Gasteiger partial charge is 0.411 e. The van der Waals surface area contributed by atoms with Gasteiger partial charge in [-0.05, 0) is 44.9 Å². The lowest BCUT2D eigenvalue weighted by Gasteiger charge is -2.21. The normalized spacial score (nSPS) is 11.7. The summed E-state index contributed by atoms with van der Waals surface area (Å²) in [5, 5.41) is 8.22. The maximum Gasteiger partial charge on any atom is 0.411 e. The SMILES string of the molecule is COC(=O)Nc1ccc(-c2[nH]c([C@H](CCNC(=O)OC(C)(C)C)NC(=O)OCc3ccccc3)nc2Cl)cc1. The summed E-state index contributed by atoms with van der Waals surface area (Å²) in [6.07, 6.45) is -1.55. The fraction of sp³-hybridized carbons (Fsp3) is 0.333. The van der Waals surface area contributed by atoms with Crippen LogP contribution in [0.1, 0.15) is 44.6 Å². The summed E-state index contributed by atoms with van der Waals surface area (Å²) in [6, 6.07) is 15.5. The number of benzene rings is 2. The summed E-state index contributed by atoms with van der Waals surface area (Å²) in [7, 11) is 1.28. The monoisotopic (exact) mass is 557 g/mol. The molecule has 4 N–H and O–H groups in total. The quantitative estimate of drug-likeness (QED) is 0.244. The van der Waals surface area contributed by atoms with Crippen LogP contribution in [0.5, 0.6) is 0 Å². The number of hydrogen-bond acceptors (Lipinski definition) is 7. The highest BCUT2D eigenvalue weighted by molar-refractivity contribution is 6.31. The number of alkyl carbamates (subject to hydrolysis) is 2. The van der Waals surface area contributed by atoms with Gasteiger partial charge < -0.3 is 29.8 Å². The first-order valence-electron chi connectivity index (χ1n) is 12.2. The van der Waals surface area contributed by atoms with Crippen molar-refractivity contribution in [2.24, 2.45) is 0 Å². The lowest BCUT2D eigenvalue weighted by Crippen LogP contribution is -2.36. The van der Waals surface area contributed by atoms with E-state index in [0.717, 1.165) is 5.56 Å². The maximum absolute atomic E-state index is 12.6. The van der Waals surface area contributed by atoms with Gasteiger partial charge in [0.1, 0.15) is 18.0 Å². The minimum Gasteiger partial charge on any atom is -0.453 e. The Morgan fingerprint density at radius 2 is 1.69 bits per heavy atom. The average molecular weight is 558 g/mol. The molecule has 1 heterocycles. The van der Waals surface area contributed by atoms with Crippen molar-refractivity contribution < 1.29 is 28.6 Å². The molecule has 0 fully saturated rings. The van der Waals surface area contributed by atoms with E-state index in [2.05, 4.69) is 30.7 Å². The van der Waals surface area contributed by atoms with E-state index in [0.29, 0.717) is 22.8 Å². The average Bonchev–Trinajstić information content (AvgIpc) is 3.28. The highest BCUT2D eigenvalue weighted by Gasteiger charge is 2.23. The molecule has 0 bridgehead atoms. The number of H-pyrrole nitrogens is 1. The van der Waals surface area contributed by atoms with Crippen LogP contribution in [0, 0.1) is 0 Å². The molecule has 3 amide bonds. The van der Waals surface area contributed by atoms with Crippen LogP contribution in [0.15, 0.2) is 54.6 Å². The molecule has 11 nitrogen and oxygen atoms in total. The predicted molar refractivity (Wildman–Crippen MR) is 146 cm³/mol. The summed E-state index contributed by atoms with van der Waals surface area (Å²) in [5.74, 6) is 0.370. The Bertz CT molecular complexity index is 1260. The molecule has 0 spiro atoms. The summed E-state index contributed by atoms with van der Waals surface area (Å²) in [6.45, 7) is 5.57. The molecular formula is C27H32ClN5O6. The van der Waals surface area contributed by atoms with Crippen LogP contribution < -0.4 is 16.0 Å². The van der Waals surface area contributed by atoms with E-state index in [1.165, 1.54) is 7.11 Å². The molecule has 0 saturated carbocycles. The van der Waals surface area contributed by atoms with Crippen LogP contribution in [0.25, 0.3) is 11.3 Å². The number of imidazole rings is 1. The molecule has 2 aromatic carbocycles.